The van der Waals surface area contributed by atoms with Gasteiger partial charge in [-0.1, -0.05) is 32.6 Å². The molecular formula is C14H24O6. The van der Waals surface area contributed by atoms with Gasteiger partial charge in [0.15, 0.2) is 6.10 Å². The predicted molar refractivity (Wildman–Crippen MR) is 70.4 cm³/mol. The molecule has 2 N–H and O–H groups in total. The van der Waals surface area contributed by atoms with Crippen molar-refractivity contribution in [1.29, 1.82) is 0 Å². The summed E-state index contributed by atoms with van der Waals surface area (Å²) in [6.07, 6.45) is 4.46. The molecule has 1 fully saturated rings. The lowest BCUT2D eigenvalue weighted by Gasteiger charge is -2.29. The van der Waals surface area contributed by atoms with E-state index in [4.69, 9.17) is 4.74 Å². The number of esters is 2. The van der Waals surface area contributed by atoms with Crippen LogP contribution in [0.3, 0.4) is 0 Å². The third kappa shape index (κ3) is 5.88. The van der Waals surface area contributed by atoms with Gasteiger partial charge in [-0.3, -0.25) is 9.59 Å². The van der Waals surface area contributed by atoms with E-state index >= 15 is 0 Å². The number of hydrogen-bond acceptors (Lipinski definition) is 6. The van der Waals surface area contributed by atoms with Gasteiger partial charge in [-0.2, -0.15) is 0 Å². The second-order valence-electron chi connectivity index (χ2n) is 5.14. The first kappa shape index (κ1) is 16.9. The highest BCUT2D eigenvalue weighted by molar-refractivity contribution is 5.70. The smallest absolute Gasteiger partial charge is 0.363 e. The second-order valence-corrected chi connectivity index (χ2v) is 5.14. The maximum absolute atomic E-state index is 11.6. The van der Waals surface area contributed by atoms with Gasteiger partial charge in [0.1, 0.15) is 0 Å². The molecule has 1 heterocycles. The van der Waals surface area contributed by atoms with Crippen LogP contribution in [0.25, 0.3) is 0 Å². The van der Waals surface area contributed by atoms with Crippen LogP contribution in [-0.4, -0.2) is 34.2 Å². The fourth-order valence-electron chi connectivity index (χ4n) is 2.17. The molecule has 1 aliphatic heterocycles. The van der Waals surface area contributed by atoms with Crippen LogP contribution in [0.5, 0.6) is 0 Å². The Morgan fingerprint density at radius 3 is 2.05 bits per heavy atom. The molecule has 20 heavy (non-hydrogen) atoms. The van der Waals surface area contributed by atoms with Gasteiger partial charge in [-0.05, 0) is 19.3 Å². The van der Waals surface area contributed by atoms with E-state index in [1.807, 2.05) is 0 Å². The minimum atomic E-state index is -2.76. The molecule has 0 spiro atoms. The van der Waals surface area contributed by atoms with Gasteiger partial charge in [-0.25, -0.2) is 0 Å². The van der Waals surface area contributed by atoms with Gasteiger partial charge in [0.25, 0.3) is 0 Å². The fourth-order valence-corrected chi connectivity index (χ4v) is 2.17. The van der Waals surface area contributed by atoms with Crippen LogP contribution in [0.15, 0.2) is 0 Å². The van der Waals surface area contributed by atoms with Crippen molar-refractivity contribution in [2.45, 2.75) is 76.8 Å². The zero-order chi connectivity index (χ0) is 15.0. The van der Waals surface area contributed by atoms with Crippen molar-refractivity contribution in [2.75, 3.05) is 0 Å². The van der Waals surface area contributed by atoms with Gasteiger partial charge >= 0.3 is 17.9 Å². The second kappa shape index (κ2) is 8.21. The first-order valence-electron chi connectivity index (χ1n) is 7.31. The Labute approximate surface area is 119 Å². The third-order valence-electron chi connectivity index (χ3n) is 3.34. The van der Waals surface area contributed by atoms with E-state index in [0.717, 1.165) is 32.1 Å². The van der Waals surface area contributed by atoms with Crippen molar-refractivity contribution in [1.82, 2.24) is 0 Å². The topological polar surface area (TPSA) is 93.1 Å². The highest BCUT2D eigenvalue weighted by Crippen LogP contribution is 2.20. The molecule has 1 atom stereocenters. The normalized spacial score (nSPS) is 26.2. The van der Waals surface area contributed by atoms with Crippen molar-refractivity contribution < 1.29 is 29.3 Å². The SMILES string of the molecule is CCC1OC(=O)CCCCCCCCC(=O)OC1(O)O. The average Bonchev–Trinajstić information content (AvgIpc) is 2.37. The Morgan fingerprint density at radius 1 is 1.00 bits per heavy atom. The molecule has 0 aromatic rings. The Balaban J connectivity index is 2.68. The van der Waals surface area contributed by atoms with Gasteiger partial charge in [0, 0.05) is 12.8 Å². The van der Waals surface area contributed by atoms with Crippen LogP contribution in [0.2, 0.25) is 0 Å². The van der Waals surface area contributed by atoms with Crippen molar-refractivity contribution in [3.8, 4) is 0 Å². The van der Waals surface area contributed by atoms with E-state index in [1.165, 1.54) is 0 Å². The van der Waals surface area contributed by atoms with Crippen LogP contribution < -0.4 is 0 Å². The molecule has 6 nitrogen and oxygen atoms in total. The third-order valence-corrected chi connectivity index (χ3v) is 3.34. The van der Waals surface area contributed by atoms with Gasteiger partial charge in [-0.15, -0.1) is 0 Å². The monoisotopic (exact) mass is 288 g/mol. The van der Waals surface area contributed by atoms with E-state index in [9.17, 15) is 19.8 Å². The van der Waals surface area contributed by atoms with Crippen LogP contribution in [0.4, 0.5) is 0 Å². The largest absolute Gasteiger partial charge is 0.452 e. The van der Waals surface area contributed by atoms with Crippen molar-refractivity contribution >= 4 is 11.9 Å². The summed E-state index contributed by atoms with van der Waals surface area (Å²) in [5.41, 5.74) is 0. The molecule has 0 aliphatic carbocycles. The lowest BCUT2D eigenvalue weighted by molar-refractivity contribution is -0.359. The molecule has 0 aromatic heterocycles. The Hall–Kier alpha value is -1.14. The molecule has 0 aromatic carbocycles. The highest BCUT2D eigenvalue weighted by Gasteiger charge is 2.40. The average molecular weight is 288 g/mol. The van der Waals surface area contributed by atoms with E-state index < -0.39 is 24.0 Å². The molecule has 1 rings (SSSR count). The molecule has 0 radical (unpaired) electrons. The highest BCUT2D eigenvalue weighted by atomic mass is 16.8. The van der Waals surface area contributed by atoms with E-state index in [-0.39, 0.29) is 19.3 Å². The molecule has 1 unspecified atom stereocenters. The lowest BCUT2D eigenvalue weighted by Crippen LogP contribution is -2.48. The number of rotatable bonds is 1. The summed E-state index contributed by atoms with van der Waals surface area (Å²) < 4.78 is 9.62. The van der Waals surface area contributed by atoms with Crippen molar-refractivity contribution in [3.05, 3.63) is 0 Å². The maximum Gasteiger partial charge on any atom is 0.363 e. The molecule has 1 saturated heterocycles. The zero-order valence-electron chi connectivity index (χ0n) is 12.0. The molecular weight excluding hydrogens is 264 g/mol. The quantitative estimate of drug-likeness (QED) is 0.562. The first-order valence-corrected chi connectivity index (χ1v) is 7.31. The summed E-state index contributed by atoms with van der Waals surface area (Å²) in [5, 5.41) is 19.5. The Morgan fingerprint density at radius 2 is 1.50 bits per heavy atom. The summed E-state index contributed by atoms with van der Waals surface area (Å²) in [6.45, 7) is 1.62. The fraction of sp³-hybridized carbons (Fsp3) is 0.857. The van der Waals surface area contributed by atoms with Crippen LogP contribution in [-0.2, 0) is 19.1 Å². The van der Waals surface area contributed by atoms with Crippen molar-refractivity contribution in [2.24, 2.45) is 0 Å². The summed E-state index contributed by atoms with van der Waals surface area (Å²) in [4.78, 5) is 23.1. The number of cyclic esters (lactones) is 2. The summed E-state index contributed by atoms with van der Waals surface area (Å²) in [6, 6.07) is 0. The van der Waals surface area contributed by atoms with Crippen LogP contribution in [0, 0.1) is 0 Å². The maximum atomic E-state index is 11.6. The summed E-state index contributed by atoms with van der Waals surface area (Å²) >= 11 is 0. The van der Waals surface area contributed by atoms with E-state index in [0.29, 0.717) is 6.42 Å². The standard InChI is InChI=1S/C14H24O6/c1-2-11-14(17,18)20-13(16)10-8-6-4-3-5-7-9-12(15)19-11/h11,17-18H,2-10H2,1H3. The van der Waals surface area contributed by atoms with E-state index in [2.05, 4.69) is 4.74 Å². The minimum absolute atomic E-state index is 0.132. The Bertz CT molecular complexity index is 326. The van der Waals surface area contributed by atoms with Crippen molar-refractivity contribution in [3.63, 3.8) is 0 Å². The number of ether oxygens (including phenoxy) is 2. The summed E-state index contributed by atoms with van der Waals surface area (Å²) in [7, 11) is 0. The molecule has 0 saturated carbocycles. The van der Waals surface area contributed by atoms with Gasteiger partial charge < -0.3 is 19.7 Å². The number of carbonyl (C=O) groups is 2. The molecule has 0 bridgehead atoms. The number of carbonyl (C=O) groups excluding carboxylic acids is 2. The zero-order valence-corrected chi connectivity index (χ0v) is 12.0. The molecule has 6 heteroatoms. The molecule has 0 amide bonds. The lowest BCUT2D eigenvalue weighted by atomic mass is 10.1. The molecule has 1 aliphatic rings. The summed E-state index contributed by atoms with van der Waals surface area (Å²) in [5.74, 6) is -3.95. The predicted octanol–water partition coefficient (Wildman–Crippen LogP) is 1.62. The van der Waals surface area contributed by atoms with Gasteiger partial charge in [0.05, 0.1) is 0 Å². The van der Waals surface area contributed by atoms with Crippen LogP contribution in [0.1, 0.15) is 64.7 Å². The van der Waals surface area contributed by atoms with E-state index in [1.54, 1.807) is 6.92 Å². The number of hydrogen-bond donors (Lipinski definition) is 2. The Kier molecular flexibility index (Phi) is 6.95. The first-order chi connectivity index (χ1) is 9.45. The van der Waals surface area contributed by atoms with Gasteiger partial charge in [0.2, 0.25) is 0 Å². The van der Waals surface area contributed by atoms with Crippen LogP contribution >= 0.6 is 0 Å². The number of aliphatic hydroxyl groups is 2. The minimum Gasteiger partial charge on any atom is -0.452 e. The molecule has 116 valence electrons.